The lowest BCUT2D eigenvalue weighted by atomic mass is 10.1. The highest BCUT2D eigenvalue weighted by atomic mass is 16.2. The number of amides is 2. The van der Waals surface area contributed by atoms with E-state index in [-0.39, 0.29) is 18.4 Å². The van der Waals surface area contributed by atoms with Gasteiger partial charge in [-0.1, -0.05) is 12.1 Å². The lowest BCUT2D eigenvalue weighted by molar-refractivity contribution is -0.133. The maximum atomic E-state index is 12.8. The lowest BCUT2D eigenvalue weighted by Gasteiger charge is -2.34. The van der Waals surface area contributed by atoms with E-state index in [2.05, 4.69) is 25.7 Å². The molecule has 1 fully saturated rings. The van der Waals surface area contributed by atoms with Crippen LogP contribution in [0.2, 0.25) is 0 Å². The second-order valence-electron chi connectivity index (χ2n) is 5.82. The summed E-state index contributed by atoms with van der Waals surface area (Å²) in [5.74, 6) is -0.113. The van der Waals surface area contributed by atoms with Gasteiger partial charge in [0.05, 0.1) is 17.3 Å². The van der Waals surface area contributed by atoms with E-state index in [1.165, 1.54) is 11.0 Å². The van der Waals surface area contributed by atoms with Crippen molar-refractivity contribution in [2.75, 3.05) is 26.2 Å². The van der Waals surface area contributed by atoms with Gasteiger partial charge in [0.2, 0.25) is 5.91 Å². The van der Waals surface area contributed by atoms with E-state index in [9.17, 15) is 9.59 Å². The third-order valence-electron chi connectivity index (χ3n) is 4.32. The van der Waals surface area contributed by atoms with Crippen LogP contribution in [0.1, 0.15) is 10.4 Å². The molecule has 128 valence electrons. The van der Waals surface area contributed by atoms with E-state index < -0.39 is 0 Å². The van der Waals surface area contributed by atoms with E-state index >= 15 is 0 Å². The number of benzene rings is 1. The zero-order valence-corrected chi connectivity index (χ0v) is 13.4. The van der Waals surface area contributed by atoms with Crippen LogP contribution in [0, 0.1) is 0 Å². The number of carbonyl (C=O) groups excluding carboxylic acids is 2. The average molecular weight is 340 g/mol. The molecule has 0 radical (unpaired) electrons. The molecule has 10 nitrogen and oxygen atoms in total. The van der Waals surface area contributed by atoms with Crippen molar-refractivity contribution in [3.05, 3.63) is 36.3 Å². The first kappa shape index (κ1) is 15.2. The second kappa shape index (κ2) is 6.30. The van der Waals surface area contributed by atoms with E-state index in [0.717, 1.165) is 10.9 Å². The van der Waals surface area contributed by atoms with Gasteiger partial charge in [0.1, 0.15) is 12.9 Å². The van der Waals surface area contributed by atoms with E-state index in [1.807, 2.05) is 12.1 Å². The second-order valence-corrected chi connectivity index (χ2v) is 5.82. The molecule has 10 heteroatoms. The van der Waals surface area contributed by atoms with Gasteiger partial charge in [-0.25, -0.2) is 4.68 Å². The minimum Gasteiger partial charge on any atom is -0.338 e. The lowest BCUT2D eigenvalue weighted by Crippen LogP contribution is -2.51. The Balaban J connectivity index is 1.40. The summed E-state index contributed by atoms with van der Waals surface area (Å²) < 4.78 is 1.39. The third-order valence-corrected chi connectivity index (χ3v) is 4.32. The SMILES string of the molecule is O=C(Cn1cnnn1)N1CCN(C(=O)c2cccc3cn[nH]c23)CC1. The Morgan fingerprint density at radius 2 is 1.92 bits per heavy atom. The molecule has 3 aromatic rings. The molecule has 2 amide bonds. The fraction of sp³-hybridized carbons (Fsp3) is 0.333. The number of piperazine rings is 1. The van der Waals surface area contributed by atoms with Crippen molar-refractivity contribution in [3.8, 4) is 0 Å². The Kier molecular flexibility index (Phi) is 3.84. The Bertz CT molecular complexity index is 895. The number of para-hydroxylation sites is 1. The number of fused-ring (bicyclic) bond motifs is 1. The highest BCUT2D eigenvalue weighted by molar-refractivity contribution is 6.05. The largest absolute Gasteiger partial charge is 0.338 e. The molecule has 1 aliphatic heterocycles. The third kappa shape index (κ3) is 2.93. The number of aromatic nitrogens is 6. The first-order valence-corrected chi connectivity index (χ1v) is 7.92. The normalized spacial score (nSPS) is 14.9. The van der Waals surface area contributed by atoms with Crippen LogP contribution in [0.3, 0.4) is 0 Å². The van der Waals surface area contributed by atoms with Crippen molar-refractivity contribution in [2.24, 2.45) is 0 Å². The minimum atomic E-state index is -0.0601. The fourth-order valence-corrected chi connectivity index (χ4v) is 2.97. The van der Waals surface area contributed by atoms with Gasteiger partial charge in [0.15, 0.2) is 0 Å². The van der Waals surface area contributed by atoms with Crippen LogP contribution in [0.4, 0.5) is 0 Å². The van der Waals surface area contributed by atoms with Gasteiger partial charge in [-0.2, -0.15) is 5.10 Å². The van der Waals surface area contributed by atoms with Crippen LogP contribution in [0.15, 0.2) is 30.7 Å². The Morgan fingerprint density at radius 3 is 2.68 bits per heavy atom. The Hall–Kier alpha value is -3.30. The predicted molar refractivity (Wildman–Crippen MR) is 86.4 cm³/mol. The average Bonchev–Trinajstić information content (AvgIpc) is 3.32. The fourth-order valence-electron chi connectivity index (χ4n) is 2.97. The van der Waals surface area contributed by atoms with Crippen LogP contribution >= 0.6 is 0 Å². The summed E-state index contributed by atoms with van der Waals surface area (Å²) in [6.07, 6.45) is 3.10. The van der Waals surface area contributed by atoms with E-state index in [1.54, 1.807) is 22.1 Å². The number of tetrazole rings is 1. The highest BCUT2D eigenvalue weighted by Crippen LogP contribution is 2.18. The minimum absolute atomic E-state index is 0.0533. The van der Waals surface area contributed by atoms with Crippen LogP contribution in [-0.2, 0) is 11.3 Å². The molecule has 4 rings (SSSR count). The van der Waals surface area contributed by atoms with Crippen molar-refractivity contribution in [1.29, 1.82) is 0 Å². The van der Waals surface area contributed by atoms with Crippen LogP contribution in [0.25, 0.3) is 10.9 Å². The van der Waals surface area contributed by atoms with Gasteiger partial charge >= 0.3 is 0 Å². The summed E-state index contributed by atoms with van der Waals surface area (Å²) in [4.78, 5) is 28.5. The van der Waals surface area contributed by atoms with Crippen molar-refractivity contribution >= 4 is 22.7 Å². The Labute approximate surface area is 142 Å². The van der Waals surface area contributed by atoms with Crippen molar-refractivity contribution < 1.29 is 9.59 Å². The standard InChI is InChI=1S/C15H16N8O2/c24-13(9-23-10-17-19-20-23)21-4-6-22(7-5-21)15(25)12-3-1-2-11-8-16-18-14(11)12/h1-3,8,10H,4-7,9H2,(H,16,18). The maximum absolute atomic E-state index is 12.8. The molecule has 0 unspecified atom stereocenters. The summed E-state index contributed by atoms with van der Waals surface area (Å²) in [6, 6.07) is 5.54. The molecule has 2 aromatic heterocycles. The first-order chi connectivity index (χ1) is 12.2. The molecule has 0 saturated carbocycles. The first-order valence-electron chi connectivity index (χ1n) is 7.92. The van der Waals surface area contributed by atoms with Gasteiger partial charge in [0.25, 0.3) is 5.91 Å². The van der Waals surface area contributed by atoms with Gasteiger partial charge < -0.3 is 9.80 Å². The molecule has 1 N–H and O–H groups in total. The molecule has 25 heavy (non-hydrogen) atoms. The van der Waals surface area contributed by atoms with Gasteiger partial charge in [-0.15, -0.1) is 5.10 Å². The monoisotopic (exact) mass is 340 g/mol. The van der Waals surface area contributed by atoms with Crippen molar-refractivity contribution in [3.63, 3.8) is 0 Å². The van der Waals surface area contributed by atoms with Crippen LogP contribution in [-0.4, -0.2) is 78.2 Å². The molecule has 0 spiro atoms. The highest BCUT2D eigenvalue weighted by Gasteiger charge is 2.26. The van der Waals surface area contributed by atoms with Crippen molar-refractivity contribution in [2.45, 2.75) is 6.54 Å². The summed E-state index contributed by atoms with van der Waals surface area (Å²) in [5, 5.41) is 18.5. The quantitative estimate of drug-likeness (QED) is 0.690. The summed E-state index contributed by atoms with van der Waals surface area (Å²) >= 11 is 0. The molecule has 3 heterocycles. The summed E-state index contributed by atoms with van der Waals surface area (Å²) in [5.41, 5.74) is 1.34. The van der Waals surface area contributed by atoms with Crippen LogP contribution < -0.4 is 0 Å². The number of rotatable bonds is 3. The number of H-pyrrole nitrogens is 1. The number of hydrogen-bond donors (Lipinski definition) is 1. The molecule has 0 aliphatic carbocycles. The maximum Gasteiger partial charge on any atom is 0.256 e. The van der Waals surface area contributed by atoms with Gasteiger partial charge in [-0.05, 0) is 16.5 Å². The molecule has 0 bridgehead atoms. The smallest absolute Gasteiger partial charge is 0.256 e. The van der Waals surface area contributed by atoms with Crippen LogP contribution in [0.5, 0.6) is 0 Å². The molecular weight excluding hydrogens is 324 g/mol. The summed E-state index contributed by atoms with van der Waals surface area (Å²) in [6.45, 7) is 2.07. The molecule has 0 atom stereocenters. The Morgan fingerprint density at radius 1 is 1.12 bits per heavy atom. The summed E-state index contributed by atoms with van der Waals surface area (Å²) in [7, 11) is 0. The topological polar surface area (TPSA) is 113 Å². The van der Waals surface area contributed by atoms with Gasteiger partial charge in [-0.3, -0.25) is 14.7 Å². The van der Waals surface area contributed by atoms with E-state index in [4.69, 9.17) is 0 Å². The molecule has 1 aromatic carbocycles. The zero-order chi connectivity index (χ0) is 17.2. The number of hydrogen-bond acceptors (Lipinski definition) is 6. The molecule has 1 saturated heterocycles. The van der Waals surface area contributed by atoms with Gasteiger partial charge in [0, 0.05) is 31.6 Å². The molecular formula is C15H16N8O2. The predicted octanol–water partition coefficient (Wildman–Crippen LogP) is -0.466. The molecule has 1 aliphatic rings. The number of carbonyl (C=O) groups is 2. The number of nitrogens with one attached hydrogen (secondary N) is 1. The number of aromatic amines is 1. The van der Waals surface area contributed by atoms with E-state index in [0.29, 0.717) is 31.7 Å². The van der Waals surface area contributed by atoms with Crippen molar-refractivity contribution in [1.82, 2.24) is 40.2 Å². The zero-order valence-electron chi connectivity index (χ0n) is 13.4. The number of nitrogens with zero attached hydrogens (tertiary/aromatic N) is 7.